The number of likely N-dealkylation sites (tertiary alicyclic amines) is 1. The van der Waals surface area contributed by atoms with Gasteiger partial charge in [0.1, 0.15) is 11.9 Å². The highest BCUT2D eigenvalue weighted by Gasteiger charge is 2.37. The summed E-state index contributed by atoms with van der Waals surface area (Å²) in [6, 6.07) is 7.29. The van der Waals surface area contributed by atoms with Crippen molar-refractivity contribution in [1.82, 2.24) is 10.2 Å². The van der Waals surface area contributed by atoms with Gasteiger partial charge in [0.25, 0.3) is 0 Å². The van der Waals surface area contributed by atoms with Crippen molar-refractivity contribution in [2.75, 3.05) is 26.2 Å². The highest BCUT2D eigenvalue weighted by atomic mass is 16.5. The summed E-state index contributed by atoms with van der Waals surface area (Å²) in [6.45, 7) is 6.92. The number of nitrogens with one attached hydrogen (secondary N) is 1. The fourth-order valence-electron chi connectivity index (χ4n) is 3.93. The van der Waals surface area contributed by atoms with Gasteiger partial charge in [0.15, 0.2) is 0 Å². The fraction of sp³-hybridized carbons (Fsp3) is 0.625. The van der Waals surface area contributed by atoms with E-state index in [-0.39, 0.29) is 0 Å². The molecule has 1 unspecified atom stereocenters. The van der Waals surface area contributed by atoms with Gasteiger partial charge >= 0.3 is 0 Å². The Morgan fingerprint density at radius 2 is 2.32 bits per heavy atom. The van der Waals surface area contributed by atoms with Gasteiger partial charge in [0.05, 0.1) is 0 Å². The lowest BCUT2D eigenvalue weighted by Crippen LogP contribution is -2.36. The minimum atomic E-state index is 0.357. The number of benzene rings is 1. The molecule has 0 spiro atoms. The van der Waals surface area contributed by atoms with Crippen LogP contribution in [0.4, 0.5) is 0 Å². The Morgan fingerprint density at radius 3 is 3.21 bits per heavy atom. The lowest BCUT2D eigenvalue weighted by molar-refractivity contribution is 0.163. The monoisotopic (exact) mass is 258 g/mol. The first-order valence-corrected chi connectivity index (χ1v) is 7.50. The van der Waals surface area contributed by atoms with Gasteiger partial charge < -0.3 is 10.1 Å². The van der Waals surface area contributed by atoms with Gasteiger partial charge in [-0.05, 0) is 37.4 Å². The summed E-state index contributed by atoms with van der Waals surface area (Å²) < 4.78 is 6.08. The van der Waals surface area contributed by atoms with Crippen molar-refractivity contribution in [3.63, 3.8) is 0 Å². The summed E-state index contributed by atoms with van der Waals surface area (Å²) in [5, 5.41) is 3.62. The molecule has 102 valence electrons. The molecule has 1 N–H and O–H groups in total. The first kappa shape index (κ1) is 11.7. The molecule has 3 heteroatoms. The van der Waals surface area contributed by atoms with E-state index in [1.807, 2.05) is 0 Å². The van der Waals surface area contributed by atoms with Gasteiger partial charge in [-0.2, -0.15) is 0 Å². The molecule has 3 aliphatic heterocycles. The normalized spacial score (nSPS) is 33.2. The first-order chi connectivity index (χ1) is 9.28. The molecule has 3 nitrogen and oxygen atoms in total. The number of aryl methyl sites for hydroxylation is 1. The Labute approximate surface area is 114 Å². The number of hydrogen-bond acceptors (Lipinski definition) is 3. The third kappa shape index (κ3) is 2.15. The van der Waals surface area contributed by atoms with Gasteiger partial charge in [0.2, 0.25) is 0 Å². The third-order valence-electron chi connectivity index (χ3n) is 4.86. The molecule has 0 amide bonds. The van der Waals surface area contributed by atoms with Crippen LogP contribution in [0.2, 0.25) is 0 Å². The molecule has 1 aromatic rings. The van der Waals surface area contributed by atoms with Gasteiger partial charge in [0, 0.05) is 32.1 Å². The highest BCUT2D eigenvalue weighted by molar-refractivity contribution is 5.40. The van der Waals surface area contributed by atoms with Crippen LogP contribution >= 0.6 is 0 Å². The standard InChI is InChI=1S/C16H22N2O/c1-11-2-3-16-13(6-11)7-14(19-16)9-18-8-12-4-5-17-15(12)10-18/h2-3,6,12,14-15,17H,4-5,7-10H2,1H3/t12-,14?,15+/m0/s1. The van der Waals surface area contributed by atoms with Crippen LogP contribution in [0.5, 0.6) is 5.75 Å². The Morgan fingerprint density at radius 1 is 1.37 bits per heavy atom. The lowest BCUT2D eigenvalue weighted by Gasteiger charge is -2.20. The highest BCUT2D eigenvalue weighted by Crippen LogP contribution is 2.31. The number of rotatable bonds is 2. The van der Waals surface area contributed by atoms with Gasteiger partial charge in [-0.1, -0.05) is 17.7 Å². The van der Waals surface area contributed by atoms with E-state index in [0.717, 1.165) is 30.7 Å². The summed E-state index contributed by atoms with van der Waals surface area (Å²) in [5.41, 5.74) is 2.73. The van der Waals surface area contributed by atoms with Crippen molar-refractivity contribution in [2.45, 2.75) is 31.9 Å². The van der Waals surface area contributed by atoms with Crippen molar-refractivity contribution in [3.8, 4) is 5.75 Å². The van der Waals surface area contributed by atoms with E-state index in [1.165, 1.54) is 37.2 Å². The summed E-state index contributed by atoms with van der Waals surface area (Å²) in [7, 11) is 0. The fourth-order valence-corrected chi connectivity index (χ4v) is 3.93. The maximum Gasteiger partial charge on any atom is 0.123 e. The second-order valence-electron chi connectivity index (χ2n) is 6.38. The van der Waals surface area contributed by atoms with Gasteiger partial charge in [-0.3, -0.25) is 4.90 Å². The van der Waals surface area contributed by atoms with Crippen LogP contribution in [0, 0.1) is 12.8 Å². The van der Waals surface area contributed by atoms with E-state index in [0.29, 0.717) is 6.10 Å². The van der Waals surface area contributed by atoms with Crippen molar-refractivity contribution in [1.29, 1.82) is 0 Å². The molecule has 0 radical (unpaired) electrons. The molecule has 2 fully saturated rings. The van der Waals surface area contributed by atoms with Crippen LogP contribution in [0.15, 0.2) is 18.2 Å². The second kappa shape index (κ2) is 4.50. The van der Waals surface area contributed by atoms with Crippen LogP contribution < -0.4 is 10.1 Å². The van der Waals surface area contributed by atoms with E-state index in [9.17, 15) is 0 Å². The molecule has 0 aromatic heterocycles. The van der Waals surface area contributed by atoms with Gasteiger partial charge in [-0.15, -0.1) is 0 Å². The molecule has 0 bridgehead atoms. The topological polar surface area (TPSA) is 24.5 Å². The molecule has 3 heterocycles. The molecular formula is C16H22N2O. The van der Waals surface area contributed by atoms with Crippen LogP contribution in [0.1, 0.15) is 17.5 Å². The minimum absolute atomic E-state index is 0.357. The van der Waals surface area contributed by atoms with Crippen molar-refractivity contribution >= 4 is 0 Å². The molecule has 0 saturated carbocycles. The largest absolute Gasteiger partial charge is 0.488 e. The Bertz CT molecular complexity index is 476. The quantitative estimate of drug-likeness (QED) is 0.872. The van der Waals surface area contributed by atoms with Gasteiger partial charge in [-0.25, -0.2) is 0 Å². The molecule has 1 aromatic carbocycles. The van der Waals surface area contributed by atoms with Crippen molar-refractivity contribution in [3.05, 3.63) is 29.3 Å². The van der Waals surface area contributed by atoms with Crippen LogP contribution in [-0.4, -0.2) is 43.2 Å². The van der Waals surface area contributed by atoms with Crippen LogP contribution in [-0.2, 0) is 6.42 Å². The summed E-state index contributed by atoms with van der Waals surface area (Å²) in [5.74, 6) is 1.99. The first-order valence-electron chi connectivity index (χ1n) is 7.50. The Balaban J connectivity index is 1.38. The number of hydrogen-bond donors (Lipinski definition) is 1. The number of fused-ring (bicyclic) bond motifs is 2. The predicted octanol–water partition coefficient (Wildman–Crippen LogP) is 1.59. The Kier molecular flexibility index (Phi) is 2.78. The number of nitrogens with zero attached hydrogens (tertiary/aromatic N) is 1. The molecule has 0 aliphatic carbocycles. The SMILES string of the molecule is Cc1ccc2c(c1)CC(CN1C[C@@H]3CCN[C@@H]3C1)O2. The maximum atomic E-state index is 6.08. The average Bonchev–Trinajstić information content (AvgIpc) is 3.01. The Hall–Kier alpha value is -1.06. The molecule has 2 saturated heterocycles. The van der Waals surface area contributed by atoms with Crippen LogP contribution in [0.3, 0.4) is 0 Å². The van der Waals surface area contributed by atoms with E-state index in [4.69, 9.17) is 4.74 Å². The maximum absolute atomic E-state index is 6.08. The number of ether oxygens (including phenoxy) is 1. The van der Waals surface area contributed by atoms with Crippen LogP contribution in [0.25, 0.3) is 0 Å². The van der Waals surface area contributed by atoms with Crippen molar-refractivity contribution < 1.29 is 4.74 Å². The lowest BCUT2D eigenvalue weighted by atomic mass is 10.1. The summed E-state index contributed by atoms with van der Waals surface area (Å²) >= 11 is 0. The van der Waals surface area contributed by atoms with E-state index in [2.05, 4.69) is 35.3 Å². The molecule has 19 heavy (non-hydrogen) atoms. The predicted molar refractivity (Wildman–Crippen MR) is 75.6 cm³/mol. The average molecular weight is 258 g/mol. The smallest absolute Gasteiger partial charge is 0.123 e. The van der Waals surface area contributed by atoms with E-state index >= 15 is 0 Å². The third-order valence-corrected chi connectivity index (χ3v) is 4.86. The molecular weight excluding hydrogens is 236 g/mol. The van der Waals surface area contributed by atoms with E-state index < -0.39 is 0 Å². The van der Waals surface area contributed by atoms with Crippen molar-refractivity contribution in [2.24, 2.45) is 5.92 Å². The molecule has 4 rings (SSSR count). The molecule has 3 atom stereocenters. The summed E-state index contributed by atoms with van der Waals surface area (Å²) in [6.07, 6.45) is 2.79. The second-order valence-corrected chi connectivity index (χ2v) is 6.38. The zero-order valence-electron chi connectivity index (χ0n) is 11.6. The van der Waals surface area contributed by atoms with E-state index in [1.54, 1.807) is 0 Å². The zero-order valence-corrected chi connectivity index (χ0v) is 11.6. The summed E-state index contributed by atoms with van der Waals surface area (Å²) in [4.78, 5) is 2.59. The molecule has 3 aliphatic rings. The zero-order chi connectivity index (χ0) is 12.8. The minimum Gasteiger partial charge on any atom is -0.488 e.